The van der Waals surface area contributed by atoms with E-state index in [0.717, 1.165) is 34.1 Å². The molecular formula is C22H23F3N4O. The number of hydrogen-bond acceptors (Lipinski definition) is 2. The van der Waals surface area contributed by atoms with Gasteiger partial charge in [-0.3, -0.25) is 9.48 Å². The maximum atomic E-state index is 12.8. The molecule has 0 spiro atoms. The molecule has 158 valence electrons. The van der Waals surface area contributed by atoms with E-state index in [0.29, 0.717) is 5.69 Å². The second kappa shape index (κ2) is 8.22. The molecule has 4 rings (SSSR count). The van der Waals surface area contributed by atoms with Crippen LogP contribution in [-0.2, 0) is 24.6 Å². The minimum absolute atomic E-state index is 0.0488. The molecule has 0 bridgehead atoms. The summed E-state index contributed by atoms with van der Waals surface area (Å²) in [6.45, 7) is 4.05. The number of benzene rings is 2. The number of hydrogen-bond donors (Lipinski definition) is 0. The van der Waals surface area contributed by atoms with E-state index in [1.807, 2.05) is 49.7 Å². The molecular weight excluding hydrogens is 393 g/mol. The molecule has 0 aliphatic carbocycles. The van der Waals surface area contributed by atoms with Crippen LogP contribution < -0.4 is 4.90 Å². The molecule has 0 saturated heterocycles. The van der Waals surface area contributed by atoms with Crippen molar-refractivity contribution in [3.05, 3.63) is 60.3 Å². The van der Waals surface area contributed by atoms with Gasteiger partial charge in [-0.15, -0.1) is 0 Å². The first-order valence-corrected chi connectivity index (χ1v) is 9.60. The lowest BCUT2D eigenvalue weighted by atomic mass is 10.2. The van der Waals surface area contributed by atoms with Gasteiger partial charge in [0.25, 0.3) is 0 Å². The predicted molar refractivity (Wildman–Crippen MR) is 112 cm³/mol. The summed E-state index contributed by atoms with van der Waals surface area (Å²) >= 11 is 0. The van der Waals surface area contributed by atoms with E-state index in [9.17, 15) is 18.0 Å². The number of likely N-dealkylation sites (N-methyl/N-ethyl adjacent to an activating group) is 1. The summed E-state index contributed by atoms with van der Waals surface area (Å²) in [5.41, 5.74) is 2.32. The molecule has 0 radical (unpaired) electrons. The number of alkyl halides is 3. The number of anilines is 1. The van der Waals surface area contributed by atoms with Crippen LogP contribution >= 0.6 is 0 Å². The van der Waals surface area contributed by atoms with Crippen LogP contribution in [0.5, 0.6) is 0 Å². The number of halogens is 3. The summed E-state index contributed by atoms with van der Waals surface area (Å²) in [7, 11) is 3.40. The first-order valence-electron chi connectivity index (χ1n) is 9.60. The number of fused-ring (bicyclic) bond motifs is 3. The van der Waals surface area contributed by atoms with Crippen LogP contribution in [0.15, 0.2) is 54.7 Å². The Hall–Kier alpha value is -3.29. The number of carbonyl (C=O) groups excluding carboxylic acids is 1. The molecule has 0 aliphatic rings. The van der Waals surface area contributed by atoms with Gasteiger partial charge < -0.3 is 9.47 Å². The number of amides is 1. The normalized spacial score (nSPS) is 11.4. The number of carbonyl (C=O) groups is 1. The topological polar surface area (TPSA) is 43.1 Å². The number of nitrogens with zero attached hydrogens (tertiary/aromatic N) is 4. The zero-order valence-electron chi connectivity index (χ0n) is 17.2. The lowest BCUT2D eigenvalue weighted by Crippen LogP contribution is -2.30. The molecule has 0 saturated carbocycles. The van der Waals surface area contributed by atoms with Crippen molar-refractivity contribution in [2.75, 3.05) is 11.9 Å². The zero-order chi connectivity index (χ0) is 22.1. The Morgan fingerprint density at radius 1 is 1.03 bits per heavy atom. The Morgan fingerprint density at radius 3 is 2.30 bits per heavy atom. The molecule has 0 unspecified atom stereocenters. The highest BCUT2D eigenvalue weighted by Gasteiger charge is 2.30. The number of rotatable bonds is 3. The van der Waals surface area contributed by atoms with Gasteiger partial charge in [0.1, 0.15) is 6.54 Å². The lowest BCUT2D eigenvalue weighted by molar-refractivity contribution is -0.137. The van der Waals surface area contributed by atoms with E-state index in [-0.39, 0.29) is 12.5 Å². The van der Waals surface area contributed by atoms with Crippen LogP contribution in [0, 0.1) is 0 Å². The quantitative estimate of drug-likeness (QED) is 0.459. The fourth-order valence-electron chi connectivity index (χ4n) is 3.40. The zero-order valence-corrected chi connectivity index (χ0v) is 17.2. The van der Waals surface area contributed by atoms with Gasteiger partial charge >= 0.3 is 6.18 Å². The molecule has 30 heavy (non-hydrogen) atoms. The maximum Gasteiger partial charge on any atom is 0.416 e. The lowest BCUT2D eigenvalue weighted by Gasteiger charge is -2.19. The Kier molecular flexibility index (Phi) is 5.87. The van der Waals surface area contributed by atoms with Gasteiger partial charge in [-0.1, -0.05) is 32.0 Å². The van der Waals surface area contributed by atoms with E-state index in [4.69, 9.17) is 0 Å². The van der Waals surface area contributed by atoms with Gasteiger partial charge in [0.2, 0.25) is 5.91 Å². The van der Waals surface area contributed by atoms with E-state index in [1.165, 1.54) is 17.0 Å². The highest BCUT2D eigenvalue weighted by Crippen LogP contribution is 2.31. The van der Waals surface area contributed by atoms with Crippen LogP contribution in [0.4, 0.5) is 18.9 Å². The smallest absolute Gasteiger partial charge is 0.328 e. The van der Waals surface area contributed by atoms with Crippen LogP contribution in [-0.4, -0.2) is 27.3 Å². The van der Waals surface area contributed by atoms with Crippen LogP contribution in [0.2, 0.25) is 0 Å². The maximum absolute atomic E-state index is 12.8. The van der Waals surface area contributed by atoms with Gasteiger partial charge in [-0.25, -0.2) is 0 Å². The molecule has 4 aromatic rings. The van der Waals surface area contributed by atoms with E-state index in [1.54, 1.807) is 17.9 Å². The Balaban J connectivity index is 0.00000124. The Morgan fingerprint density at radius 2 is 1.67 bits per heavy atom. The molecule has 0 atom stereocenters. The molecule has 0 fully saturated rings. The van der Waals surface area contributed by atoms with Gasteiger partial charge in [0, 0.05) is 25.2 Å². The van der Waals surface area contributed by atoms with Crippen molar-refractivity contribution in [2.45, 2.75) is 26.6 Å². The molecule has 2 aromatic heterocycles. The Labute approximate surface area is 172 Å². The molecule has 2 heterocycles. The summed E-state index contributed by atoms with van der Waals surface area (Å²) in [5.74, 6) is -0.244. The minimum Gasteiger partial charge on any atom is -0.328 e. The Bertz CT molecular complexity index is 1170. The average molecular weight is 416 g/mol. The van der Waals surface area contributed by atoms with Crippen molar-refractivity contribution in [1.82, 2.24) is 14.3 Å². The van der Waals surface area contributed by atoms with E-state index in [2.05, 4.69) is 5.10 Å². The summed E-state index contributed by atoms with van der Waals surface area (Å²) in [6.07, 6.45) is -2.70. The third-order valence-electron chi connectivity index (χ3n) is 4.91. The van der Waals surface area contributed by atoms with Crippen molar-refractivity contribution in [3.8, 4) is 0 Å². The molecule has 0 N–H and O–H groups in total. The summed E-state index contributed by atoms with van der Waals surface area (Å²) in [6, 6.07) is 12.3. The van der Waals surface area contributed by atoms with Gasteiger partial charge in [0.05, 0.1) is 28.3 Å². The summed E-state index contributed by atoms with van der Waals surface area (Å²) < 4.78 is 41.9. The highest BCUT2D eigenvalue weighted by molar-refractivity contribution is 6.07. The molecule has 0 aliphatic heterocycles. The summed E-state index contributed by atoms with van der Waals surface area (Å²) in [5, 5.41) is 5.26. The fraction of sp³-hybridized carbons (Fsp3) is 0.273. The predicted octanol–water partition coefficient (Wildman–Crippen LogP) is 5.24. The number of aryl methyl sites for hydroxylation is 1. The first kappa shape index (κ1) is 21.4. The van der Waals surface area contributed by atoms with Crippen molar-refractivity contribution in [1.29, 1.82) is 0 Å². The standard InChI is InChI=1S/C20H17F3N4O.C2H6/c1-25(14-9-7-13(8-10-14)20(21,22)23)18(28)12-27-16-6-4-3-5-15(16)19-17(27)11-24-26(19)2;1-2/h3-11H,12H2,1-2H3;1-2H3. The third-order valence-corrected chi connectivity index (χ3v) is 4.91. The average Bonchev–Trinajstić information content (AvgIpc) is 3.27. The third kappa shape index (κ3) is 3.77. The second-order valence-electron chi connectivity index (χ2n) is 6.60. The monoisotopic (exact) mass is 416 g/mol. The molecule has 2 aromatic carbocycles. The fourth-order valence-corrected chi connectivity index (χ4v) is 3.40. The van der Waals surface area contributed by atoms with Crippen LogP contribution in [0.25, 0.3) is 21.9 Å². The SMILES string of the molecule is CC.CN(C(=O)Cn1c2ccccc2c2c1cnn2C)c1ccc(C(F)(F)F)cc1. The number of aromatic nitrogens is 3. The van der Waals surface area contributed by atoms with Gasteiger partial charge in [0.15, 0.2) is 0 Å². The number of para-hydroxylation sites is 1. The van der Waals surface area contributed by atoms with E-state index < -0.39 is 11.7 Å². The molecule has 1 amide bonds. The van der Waals surface area contributed by atoms with Crippen molar-refractivity contribution >= 4 is 33.5 Å². The summed E-state index contributed by atoms with van der Waals surface area (Å²) in [4.78, 5) is 14.2. The minimum atomic E-state index is -4.41. The van der Waals surface area contributed by atoms with Crippen molar-refractivity contribution in [2.24, 2.45) is 7.05 Å². The highest BCUT2D eigenvalue weighted by atomic mass is 19.4. The van der Waals surface area contributed by atoms with Gasteiger partial charge in [-0.2, -0.15) is 18.3 Å². The van der Waals surface area contributed by atoms with Crippen molar-refractivity contribution < 1.29 is 18.0 Å². The largest absolute Gasteiger partial charge is 0.416 e. The van der Waals surface area contributed by atoms with Gasteiger partial charge in [-0.05, 0) is 30.3 Å². The van der Waals surface area contributed by atoms with Crippen LogP contribution in [0.3, 0.4) is 0 Å². The van der Waals surface area contributed by atoms with Crippen molar-refractivity contribution in [3.63, 3.8) is 0 Å². The second-order valence-corrected chi connectivity index (χ2v) is 6.60. The first-order chi connectivity index (χ1) is 14.3. The molecule has 8 heteroatoms. The van der Waals surface area contributed by atoms with E-state index >= 15 is 0 Å². The molecule has 5 nitrogen and oxygen atoms in total. The van der Waals surface area contributed by atoms with Crippen LogP contribution in [0.1, 0.15) is 19.4 Å².